The topological polar surface area (TPSA) is 169 Å². The largest absolute Gasteiger partial charge is 0.472 e. The standard InChI is InChI=1S/3C14H14N2.C10H14N2.C9H12N2.C6H8N2O2.H2S/c3*1-12(13-7-3-2-4-8-13)16-11-14-9-5-6-10-15-14;1-2-3-7-11-9-10-6-4-5-8-12-10;1-8(2)11-7-9-5-3-4-6-10-9;1-3-9-5(7-1)6-8-2-4-10-6;/h3*2-12H,1H3;4-6,8-9H,2-3,7H2,1H3;3-8H,1-2H3;1-4H2;1H2. The third kappa shape index (κ3) is 28.3. The summed E-state index contributed by atoms with van der Waals surface area (Å²) in [5.41, 5.74) is 8.19. The lowest BCUT2D eigenvalue weighted by Crippen LogP contribution is -2.14. The number of unbranched alkanes of at least 4 members (excludes halogenated alkanes) is 1. The monoisotopic (exact) mass is 1110 g/mol. The molecule has 7 heterocycles. The average Bonchev–Trinajstić information content (AvgIpc) is 4.30. The van der Waals surface area contributed by atoms with Crippen LogP contribution in [0.3, 0.4) is 0 Å². The van der Waals surface area contributed by atoms with Gasteiger partial charge in [-0.2, -0.15) is 13.5 Å². The van der Waals surface area contributed by atoms with Gasteiger partial charge >= 0.3 is 0 Å². The van der Waals surface area contributed by atoms with Gasteiger partial charge in [-0.1, -0.05) is 135 Å². The molecule has 0 amide bonds. The van der Waals surface area contributed by atoms with Crippen LogP contribution in [0.25, 0.3) is 0 Å². The Morgan fingerprint density at radius 2 is 0.683 bits per heavy atom. The zero-order valence-corrected chi connectivity index (χ0v) is 49.0. The van der Waals surface area contributed by atoms with Crippen LogP contribution in [-0.4, -0.2) is 107 Å². The molecular formula is C67H78N12O2S. The molecule has 3 atom stereocenters. The van der Waals surface area contributed by atoms with E-state index < -0.39 is 0 Å². The third-order valence-corrected chi connectivity index (χ3v) is 11.3. The van der Waals surface area contributed by atoms with Gasteiger partial charge in [-0.25, -0.2) is 9.98 Å². The number of aromatic nitrogens is 5. The van der Waals surface area contributed by atoms with Crippen molar-refractivity contribution in [3.05, 3.63) is 258 Å². The van der Waals surface area contributed by atoms with Gasteiger partial charge in [-0.3, -0.25) is 49.9 Å². The van der Waals surface area contributed by atoms with Gasteiger partial charge in [0.25, 0.3) is 11.8 Å². The maximum Gasteiger partial charge on any atom is 0.273 e. The molecule has 5 aromatic heterocycles. The van der Waals surface area contributed by atoms with E-state index in [4.69, 9.17) is 9.47 Å². The maximum absolute atomic E-state index is 5.13. The minimum absolute atomic E-state index is 0. The third-order valence-electron chi connectivity index (χ3n) is 11.3. The molecule has 424 valence electrons. The van der Waals surface area contributed by atoms with Crippen molar-refractivity contribution >= 4 is 56.4 Å². The van der Waals surface area contributed by atoms with Crippen molar-refractivity contribution in [2.45, 2.75) is 78.6 Å². The van der Waals surface area contributed by atoms with E-state index in [0.29, 0.717) is 31.1 Å². The Bertz CT molecular complexity index is 2850. The summed E-state index contributed by atoms with van der Waals surface area (Å²) < 4.78 is 10.3. The van der Waals surface area contributed by atoms with Crippen molar-refractivity contribution in [3.63, 3.8) is 0 Å². The van der Waals surface area contributed by atoms with Gasteiger partial charge in [0.05, 0.1) is 59.7 Å². The molecule has 8 aromatic rings. The number of rotatable bonds is 16. The highest BCUT2D eigenvalue weighted by atomic mass is 32.1. The molecule has 2 aliphatic rings. The van der Waals surface area contributed by atoms with Crippen molar-refractivity contribution in [1.82, 2.24) is 24.9 Å². The second kappa shape index (κ2) is 41.1. The van der Waals surface area contributed by atoms with Crippen LogP contribution in [0.4, 0.5) is 0 Å². The van der Waals surface area contributed by atoms with Crippen LogP contribution in [-0.2, 0) is 9.47 Å². The molecule has 3 aromatic carbocycles. The van der Waals surface area contributed by atoms with Crippen LogP contribution in [0.2, 0.25) is 0 Å². The first-order valence-electron chi connectivity index (χ1n) is 27.4. The lowest BCUT2D eigenvalue weighted by atomic mass is 10.1. The molecule has 0 radical (unpaired) electrons. The second-order valence-electron chi connectivity index (χ2n) is 18.2. The molecule has 10 rings (SSSR count). The first-order valence-corrected chi connectivity index (χ1v) is 27.4. The minimum Gasteiger partial charge on any atom is -0.472 e. The molecule has 2 aliphatic heterocycles. The molecular weight excluding hydrogens is 1040 g/mol. The first-order chi connectivity index (χ1) is 39.8. The van der Waals surface area contributed by atoms with Gasteiger partial charge in [-0.15, -0.1) is 0 Å². The smallest absolute Gasteiger partial charge is 0.273 e. The minimum atomic E-state index is 0. The highest BCUT2D eigenvalue weighted by molar-refractivity contribution is 7.59. The number of hydrogen-bond acceptors (Lipinski definition) is 14. The molecule has 0 N–H and O–H groups in total. The van der Waals surface area contributed by atoms with Crippen LogP contribution >= 0.6 is 13.5 Å². The van der Waals surface area contributed by atoms with Crippen LogP contribution < -0.4 is 0 Å². The van der Waals surface area contributed by atoms with Crippen LogP contribution in [0.1, 0.15) is 118 Å². The van der Waals surface area contributed by atoms with E-state index in [9.17, 15) is 0 Å². The first kappa shape index (κ1) is 65.6. The summed E-state index contributed by atoms with van der Waals surface area (Å²) in [6, 6.07) is 60.6. The summed E-state index contributed by atoms with van der Waals surface area (Å²) in [7, 11) is 0. The van der Waals surface area contributed by atoms with E-state index in [2.05, 4.69) is 124 Å². The molecule has 0 fully saturated rings. The predicted molar refractivity (Wildman–Crippen MR) is 346 cm³/mol. The van der Waals surface area contributed by atoms with Gasteiger partial charge in [0.15, 0.2) is 0 Å². The van der Waals surface area contributed by atoms with Crippen LogP contribution in [0.15, 0.2) is 248 Å². The molecule has 0 saturated heterocycles. The molecule has 82 heavy (non-hydrogen) atoms. The Morgan fingerprint density at radius 1 is 0.390 bits per heavy atom. The highest BCUT2D eigenvalue weighted by Crippen LogP contribution is 2.17. The Hall–Kier alpha value is -8.95. The van der Waals surface area contributed by atoms with E-state index in [1.807, 2.05) is 184 Å². The normalized spacial score (nSPS) is 13.4. The molecule has 14 nitrogen and oxygen atoms in total. The van der Waals surface area contributed by atoms with E-state index in [0.717, 1.165) is 54.5 Å². The SMILES string of the molecule is C1COC(C2=NCCO2)=N1.CC(C)N=Cc1ccccn1.CC(N=Cc1ccccn1)c1ccccc1.CC(N=Cc1ccccn1)c1ccccc1.CC(N=Cc1ccccn1)c1ccccc1.CCCCN=Cc1ccccn1.S. The summed E-state index contributed by atoms with van der Waals surface area (Å²) in [5, 5.41) is 0. The Kier molecular flexibility index (Phi) is 32.9. The molecule has 0 aliphatic carbocycles. The summed E-state index contributed by atoms with van der Waals surface area (Å²) >= 11 is 0. The van der Waals surface area contributed by atoms with Crippen molar-refractivity contribution in [3.8, 4) is 0 Å². The lowest BCUT2D eigenvalue weighted by molar-refractivity contribution is 0.320. The van der Waals surface area contributed by atoms with Gasteiger partial charge < -0.3 is 9.47 Å². The fourth-order valence-electron chi connectivity index (χ4n) is 6.84. The number of pyridine rings is 5. The predicted octanol–water partition coefficient (Wildman–Crippen LogP) is 14.0. The fraction of sp³-hybridized carbons (Fsp3) is 0.254. The van der Waals surface area contributed by atoms with Gasteiger partial charge in [0.2, 0.25) is 0 Å². The molecule has 0 saturated carbocycles. The van der Waals surface area contributed by atoms with Gasteiger partial charge in [-0.05, 0) is 118 Å². The lowest BCUT2D eigenvalue weighted by Gasteiger charge is -2.05. The molecule has 0 bridgehead atoms. The number of hydrogen-bond donors (Lipinski definition) is 0. The van der Waals surface area contributed by atoms with Crippen molar-refractivity contribution in [1.29, 1.82) is 0 Å². The van der Waals surface area contributed by atoms with Crippen molar-refractivity contribution < 1.29 is 9.47 Å². The maximum atomic E-state index is 5.13. The summed E-state index contributed by atoms with van der Waals surface area (Å²) in [4.78, 5) is 50.8. The summed E-state index contributed by atoms with van der Waals surface area (Å²) in [5.74, 6) is 1.16. The van der Waals surface area contributed by atoms with E-state index >= 15 is 0 Å². The number of benzene rings is 3. The Labute approximate surface area is 492 Å². The van der Waals surface area contributed by atoms with Crippen molar-refractivity contribution in [2.24, 2.45) is 34.9 Å². The highest BCUT2D eigenvalue weighted by Gasteiger charge is 2.19. The molecule has 0 spiro atoms. The van der Waals surface area contributed by atoms with Gasteiger partial charge in [0.1, 0.15) is 13.2 Å². The zero-order chi connectivity index (χ0) is 57.2. The van der Waals surface area contributed by atoms with Crippen molar-refractivity contribution in [2.75, 3.05) is 32.8 Å². The average molecular weight is 1120 g/mol. The number of ether oxygens (including phenoxy) is 2. The van der Waals surface area contributed by atoms with E-state index in [1.165, 1.54) is 23.1 Å². The van der Waals surface area contributed by atoms with Crippen LogP contribution in [0, 0.1) is 0 Å². The van der Waals surface area contributed by atoms with Gasteiger partial charge in [0, 0.05) is 74.6 Å². The molecule has 15 heteroatoms. The van der Waals surface area contributed by atoms with E-state index in [-0.39, 0.29) is 31.6 Å². The Morgan fingerprint density at radius 3 is 0.939 bits per heavy atom. The summed E-state index contributed by atoms with van der Waals surface area (Å²) in [6.45, 7) is 16.2. The van der Waals surface area contributed by atoms with Crippen LogP contribution in [0.5, 0.6) is 0 Å². The zero-order valence-electron chi connectivity index (χ0n) is 48.0. The molecule has 3 unspecified atom stereocenters. The fourth-order valence-corrected chi connectivity index (χ4v) is 6.84. The quantitative estimate of drug-likeness (QED) is 0.0685. The number of aliphatic imine (C=N–C) groups is 7. The second-order valence-corrected chi connectivity index (χ2v) is 18.2. The van der Waals surface area contributed by atoms with E-state index in [1.54, 1.807) is 37.2 Å². The summed E-state index contributed by atoms with van der Waals surface area (Å²) in [6.07, 6.45) is 20.3. The Balaban J connectivity index is 0.000000213. The number of nitrogens with zero attached hydrogens (tertiary/aromatic N) is 12.